The lowest BCUT2D eigenvalue weighted by Crippen LogP contribution is -2.75. The molecule has 212 valence electrons. The maximum Gasteiger partial charge on any atom is 0.302 e. The van der Waals surface area contributed by atoms with E-state index >= 15 is 0 Å². The summed E-state index contributed by atoms with van der Waals surface area (Å²) in [4.78, 5) is 24.6. The summed E-state index contributed by atoms with van der Waals surface area (Å²) < 4.78 is 11.9. The maximum absolute atomic E-state index is 12.8. The first kappa shape index (κ1) is 27.0. The van der Waals surface area contributed by atoms with Crippen molar-refractivity contribution < 1.29 is 29.3 Å². The number of fused-ring (bicyclic) bond motifs is 7. The van der Waals surface area contributed by atoms with Crippen LogP contribution in [0, 0.1) is 56.7 Å². The second kappa shape index (κ2) is 8.16. The Bertz CT molecular complexity index is 1060. The molecule has 2 unspecified atom stereocenters. The van der Waals surface area contributed by atoms with Gasteiger partial charge in [0.05, 0.1) is 23.5 Å². The largest absolute Gasteiger partial charge is 0.465 e. The lowest BCUT2D eigenvalue weighted by Gasteiger charge is -2.75. The van der Waals surface area contributed by atoms with Gasteiger partial charge in [-0.2, -0.15) is 0 Å². The van der Waals surface area contributed by atoms with E-state index in [2.05, 4.69) is 40.7 Å². The summed E-state index contributed by atoms with van der Waals surface area (Å²) in [7, 11) is 0. The molecular formula is C32H48O6. The Morgan fingerprint density at radius 2 is 1.87 bits per heavy atom. The fourth-order valence-electron chi connectivity index (χ4n) is 11.5. The molecule has 0 radical (unpaired) electrons. The van der Waals surface area contributed by atoms with Crippen LogP contribution < -0.4 is 0 Å². The smallest absolute Gasteiger partial charge is 0.302 e. The molecule has 7 aliphatic rings. The number of ether oxygens (including phenoxy) is 2. The molecule has 6 heteroatoms. The normalized spacial score (nSPS) is 57.0. The Kier molecular flexibility index (Phi) is 5.79. The van der Waals surface area contributed by atoms with E-state index in [0.29, 0.717) is 37.2 Å². The van der Waals surface area contributed by atoms with Gasteiger partial charge in [-0.15, -0.1) is 0 Å². The third kappa shape index (κ3) is 2.96. The average Bonchev–Trinajstić information content (AvgIpc) is 2.87. The van der Waals surface area contributed by atoms with Gasteiger partial charge in [-0.05, 0) is 85.4 Å². The zero-order valence-electron chi connectivity index (χ0n) is 24.2. The Balaban J connectivity index is 1.44. The van der Waals surface area contributed by atoms with E-state index in [1.165, 1.54) is 12.5 Å². The third-order valence-corrected chi connectivity index (χ3v) is 14.2. The lowest BCUT2D eigenvalue weighted by molar-refractivity contribution is -0.404. The van der Waals surface area contributed by atoms with Crippen LogP contribution in [-0.4, -0.2) is 47.6 Å². The molecular weight excluding hydrogens is 480 g/mol. The van der Waals surface area contributed by atoms with E-state index in [1.54, 1.807) is 0 Å². The van der Waals surface area contributed by atoms with Crippen LogP contribution in [0.1, 0.15) is 92.9 Å². The lowest BCUT2D eigenvalue weighted by atomic mass is 9.32. The molecule has 0 aromatic rings. The van der Waals surface area contributed by atoms with Gasteiger partial charge in [0.25, 0.3) is 0 Å². The van der Waals surface area contributed by atoms with Crippen LogP contribution in [0.5, 0.6) is 0 Å². The minimum Gasteiger partial charge on any atom is -0.465 e. The van der Waals surface area contributed by atoms with E-state index < -0.39 is 22.7 Å². The van der Waals surface area contributed by atoms with E-state index in [1.807, 2.05) is 0 Å². The summed E-state index contributed by atoms with van der Waals surface area (Å²) in [5.41, 5.74) is -0.00996. The average molecular weight is 529 g/mol. The van der Waals surface area contributed by atoms with Crippen molar-refractivity contribution in [2.24, 2.45) is 56.7 Å². The number of aliphatic hydroxyl groups excluding tert-OH is 1. The number of esters is 1. The number of hydrogen-bond acceptors (Lipinski definition) is 6. The number of rotatable bonds is 3. The maximum atomic E-state index is 12.8. The summed E-state index contributed by atoms with van der Waals surface area (Å²) in [5, 5.41) is 23.0. The minimum absolute atomic E-state index is 0.0203. The van der Waals surface area contributed by atoms with Crippen LogP contribution in [0.4, 0.5) is 0 Å². The molecule has 2 N–H and O–H groups in total. The second-order valence-electron chi connectivity index (χ2n) is 15.1. The number of carbonyl (C=O) groups is 2. The summed E-state index contributed by atoms with van der Waals surface area (Å²) in [6.45, 7) is 13.7. The van der Waals surface area contributed by atoms with Gasteiger partial charge in [-0.1, -0.05) is 46.3 Å². The molecule has 2 aliphatic heterocycles. The second-order valence-corrected chi connectivity index (χ2v) is 15.1. The number of hydrogen-bond donors (Lipinski definition) is 2. The molecule has 38 heavy (non-hydrogen) atoms. The first-order chi connectivity index (χ1) is 17.7. The third-order valence-electron chi connectivity index (χ3n) is 14.2. The van der Waals surface area contributed by atoms with Gasteiger partial charge < -0.3 is 24.5 Å². The topological polar surface area (TPSA) is 93.1 Å². The van der Waals surface area contributed by atoms with E-state index in [9.17, 15) is 19.8 Å². The van der Waals surface area contributed by atoms with Crippen LogP contribution >= 0.6 is 0 Å². The van der Waals surface area contributed by atoms with Crippen LogP contribution in [0.25, 0.3) is 0 Å². The zero-order valence-corrected chi connectivity index (χ0v) is 24.2. The van der Waals surface area contributed by atoms with Gasteiger partial charge in [0.15, 0.2) is 5.79 Å². The number of aldehydes is 1. The fourth-order valence-corrected chi connectivity index (χ4v) is 11.5. The van der Waals surface area contributed by atoms with Crippen molar-refractivity contribution in [1.82, 2.24) is 0 Å². The number of allylic oxidation sites excluding steroid dienone is 2. The Morgan fingerprint density at radius 1 is 1.13 bits per heavy atom. The molecule has 0 aromatic heterocycles. The SMILES string of the molecule is CC(=O)OCC1(C)C2CC[C@]3(C)[C@H](CC=C4[C@@H]5[C@@H](C)[C@H](C)C[C@@H](O)[C@]5(C=O)CC[C@]43C)[C@@]23CC[C@]1(O)OC3. The minimum atomic E-state index is -1.26. The van der Waals surface area contributed by atoms with Crippen molar-refractivity contribution >= 4 is 12.3 Å². The van der Waals surface area contributed by atoms with E-state index in [0.717, 1.165) is 44.8 Å². The van der Waals surface area contributed by atoms with Crippen molar-refractivity contribution in [3.63, 3.8) is 0 Å². The fraction of sp³-hybridized carbons (Fsp3) is 0.875. The van der Waals surface area contributed by atoms with Gasteiger partial charge in [0.2, 0.25) is 0 Å². The molecule has 2 heterocycles. The van der Waals surface area contributed by atoms with Gasteiger partial charge in [0, 0.05) is 18.8 Å². The molecule has 6 fully saturated rings. The molecule has 4 saturated carbocycles. The van der Waals surface area contributed by atoms with Gasteiger partial charge in [-0.3, -0.25) is 4.79 Å². The van der Waals surface area contributed by atoms with Gasteiger partial charge >= 0.3 is 5.97 Å². The summed E-state index contributed by atoms with van der Waals surface area (Å²) in [6, 6.07) is 0. The highest BCUT2D eigenvalue weighted by molar-refractivity contribution is 5.66. The van der Waals surface area contributed by atoms with Crippen molar-refractivity contribution in [2.75, 3.05) is 13.2 Å². The molecule has 1 spiro atoms. The van der Waals surface area contributed by atoms with Crippen LogP contribution in [0.3, 0.4) is 0 Å². The monoisotopic (exact) mass is 528 g/mol. The predicted octanol–water partition coefficient (Wildman–Crippen LogP) is 5.06. The highest BCUT2D eigenvalue weighted by Crippen LogP contribution is 2.77. The number of carbonyl (C=O) groups excluding carboxylic acids is 2. The van der Waals surface area contributed by atoms with Crippen molar-refractivity contribution in [3.8, 4) is 0 Å². The van der Waals surface area contributed by atoms with Crippen molar-refractivity contribution in [1.29, 1.82) is 0 Å². The molecule has 0 aromatic carbocycles. The van der Waals surface area contributed by atoms with Gasteiger partial charge in [-0.25, -0.2) is 0 Å². The summed E-state index contributed by atoms with van der Waals surface area (Å²) >= 11 is 0. The van der Waals surface area contributed by atoms with Crippen LogP contribution in [-0.2, 0) is 19.1 Å². The first-order valence-electron chi connectivity index (χ1n) is 15.1. The summed E-state index contributed by atoms with van der Waals surface area (Å²) in [5.74, 6) is -0.183. The quantitative estimate of drug-likeness (QED) is 0.302. The zero-order chi connectivity index (χ0) is 27.5. The number of aliphatic hydroxyl groups is 2. The molecule has 12 atom stereocenters. The highest BCUT2D eigenvalue weighted by atomic mass is 16.6. The van der Waals surface area contributed by atoms with Crippen molar-refractivity contribution in [3.05, 3.63) is 11.6 Å². The Hall–Kier alpha value is -1.24. The summed E-state index contributed by atoms with van der Waals surface area (Å²) in [6.07, 6.45) is 9.81. The Morgan fingerprint density at radius 3 is 2.50 bits per heavy atom. The van der Waals surface area contributed by atoms with Crippen molar-refractivity contribution in [2.45, 2.75) is 105 Å². The molecule has 2 saturated heterocycles. The molecule has 0 amide bonds. The predicted molar refractivity (Wildman–Crippen MR) is 143 cm³/mol. The molecule has 6 nitrogen and oxygen atoms in total. The van der Waals surface area contributed by atoms with E-state index in [4.69, 9.17) is 9.47 Å². The molecule has 7 rings (SSSR count). The van der Waals surface area contributed by atoms with Crippen LogP contribution in [0.15, 0.2) is 11.6 Å². The highest BCUT2D eigenvalue weighted by Gasteiger charge is 2.75. The first-order valence-corrected chi connectivity index (χ1v) is 15.1. The Labute approximate surface area is 227 Å². The van der Waals surface area contributed by atoms with E-state index in [-0.39, 0.29) is 40.7 Å². The van der Waals surface area contributed by atoms with Gasteiger partial charge in [0.1, 0.15) is 12.9 Å². The molecule has 5 aliphatic carbocycles. The molecule has 2 bridgehead atoms. The van der Waals surface area contributed by atoms with Crippen LogP contribution in [0.2, 0.25) is 0 Å². The standard InChI is InChI=1S/C32H48O6/c1-19-15-25(35)30(16-33)12-11-27(4)22(26(30)20(19)2)7-8-23-28(27,5)10-9-24-29(6,17-37-21(3)34)32(36)14-13-31(23,24)18-38-32/h7,16,19-20,23-26,35-36H,8-15,17-18H2,1-6H3/t19-,20+,23+,24?,25-,26+,27-,28-,29?,30-,31+,32+/m1/s1.